The van der Waals surface area contributed by atoms with E-state index < -0.39 is 4.92 Å². The van der Waals surface area contributed by atoms with Crippen LogP contribution in [0, 0.1) is 10.1 Å². The molecule has 0 radical (unpaired) electrons. The van der Waals surface area contributed by atoms with Crippen molar-refractivity contribution in [2.24, 2.45) is 0 Å². The minimum absolute atomic E-state index is 0.0638. The maximum atomic E-state index is 10.7. The molecule has 5 heteroatoms. The number of nitrogens with one attached hydrogen (secondary N) is 1. The van der Waals surface area contributed by atoms with E-state index in [9.17, 15) is 10.1 Å². The summed E-state index contributed by atoms with van der Waals surface area (Å²) in [5.41, 5.74) is 1.06. The summed E-state index contributed by atoms with van der Waals surface area (Å²) in [6.45, 7) is 5.27. The van der Waals surface area contributed by atoms with Crippen LogP contribution >= 0.6 is 0 Å². The Kier molecular flexibility index (Phi) is 4.90. The molecule has 0 aromatic heterocycles. The van der Waals surface area contributed by atoms with E-state index in [2.05, 4.69) is 5.32 Å². The standard InChI is InChI=1S/C12H18N2O3/c1-9(2)11-5-4-10(14(15)16)8-12(11)17-7-6-13-3/h4-5,8-9,13H,6-7H2,1-3H3. The Morgan fingerprint density at radius 2 is 2.18 bits per heavy atom. The van der Waals surface area contributed by atoms with Gasteiger partial charge in [0.2, 0.25) is 0 Å². The van der Waals surface area contributed by atoms with E-state index in [1.807, 2.05) is 20.9 Å². The van der Waals surface area contributed by atoms with Gasteiger partial charge in [-0.15, -0.1) is 0 Å². The fraction of sp³-hybridized carbons (Fsp3) is 0.500. The third-order valence-electron chi connectivity index (χ3n) is 2.44. The van der Waals surface area contributed by atoms with Gasteiger partial charge in [-0.1, -0.05) is 13.8 Å². The monoisotopic (exact) mass is 238 g/mol. The van der Waals surface area contributed by atoms with E-state index in [1.54, 1.807) is 6.07 Å². The van der Waals surface area contributed by atoms with Crippen molar-refractivity contribution in [3.8, 4) is 5.75 Å². The van der Waals surface area contributed by atoms with Gasteiger partial charge in [-0.05, 0) is 24.6 Å². The summed E-state index contributed by atoms with van der Waals surface area (Å²) in [7, 11) is 1.83. The molecule has 17 heavy (non-hydrogen) atoms. The average molecular weight is 238 g/mol. The Balaban J connectivity index is 2.94. The number of nitro benzene ring substituents is 1. The molecule has 0 aliphatic heterocycles. The number of nitro groups is 1. The van der Waals surface area contributed by atoms with Crippen LogP contribution in [0.5, 0.6) is 5.75 Å². The Hall–Kier alpha value is -1.62. The van der Waals surface area contributed by atoms with Crippen molar-refractivity contribution in [2.75, 3.05) is 20.2 Å². The SMILES string of the molecule is CNCCOc1cc([N+](=O)[O-])ccc1C(C)C. The Labute approximate surface area is 101 Å². The Bertz CT molecular complexity index is 391. The van der Waals surface area contributed by atoms with Crippen molar-refractivity contribution in [1.82, 2.24) is 5.32 Å². The topological polar surface area (TPSA) is 64.4 Å². The minimum Gasteiger partial charge on any atom is -0.492 e. The third-order valence-corrected chi connectivity index (χ3v) is 2.44. The average Bonchev–Trinajstić information content (AvgIpc) is 2.28. The highest BCUT2D eigenvalue weighted by atomic mass is 16.6. The lowest BCUT2D eigenvalue weighted by Gasteiger charge is -2.13. The molecule has 0 saturated carbocycles. The van der Waals surface area contributed by atoms with Gasteiger partial charge in [0.15, 0.2) is 0 Å². The predicted molar refractivity (Wildman–Crippen MR) is 66.6 cm³/mol. The summed E-state index contributed by atoms with van der Waals surface area (Å²) in [6, 6.07) is 4.77. The number of nitrogens with zero attached hydrogens (tertiary/aromatic N) is 1. The first-order valence-corrected chi connectivity index (χ1v) is 5.62. The highest BCUT2D eigenvalue weighted by molar-refractivity contribution is 5.45. The molecule has 1 N–H and O–H groups in total. The first kappa shape index (κ1) is 13.4. The van der Waals surface area contributed by atoms with Gasteiger partial charge in [0.1, 0.15) is 12.4 Å². The zero-order valence-electron chi connectivity index (χ0n) is 10.4. The molecule has 94 valence electrons. The smallest absolute Gasteiger partial charge is 0.273 e. The number of non-ortho nitro benzene ring substituents is 1. The molecule has 0 atom stereocenters. The van der Waals surface area contributed by atoms with Crippen LogP contribution in [-0.2, 0) is 0 Å². The Morgan fingerprint density at radius 3 is 2.71 bits per heavy atom. The number of benzene rings is 1. The van der Waals surface area contributed by atoms with Crippen molar-refractivity contribution < 1.29 is 9.66 Å². The molecule has 1 aromatic rings. The van der Waals surface area contributed by atoms with Crippen molar-refractivity contribution >= 4 is 5.69 Å². The molecule has 0 amide bonds. The van der Waals surface area contributed by atoms with E-state index in [1.165, 1.54) is 12.1 Å². The summed E-state index contributed by atoms with van der Waals surface area (Å²) in [5, 5.41) is 13.7. The third kappa shape index (κ3) is 3.71. The second-order valence-electron chi connectivity index (χ2n) is 4.09. The van der Waals surface area contributed by atoms with Crippen molar-refractivity contribution in [3.05, 3.63) is 33.9 Å². The van der Waals surface area contributed by atoms with Gasteiger partial charge in [0.25, 0.3) is 5.69 Å². The van der Waals surface area contributed by atoms with Crippen LogP contribution in [0.15, 0.2) is 18.2 Å². The fourth-order valence-corrected chi connectivity index (χ4v) is 1.50. The molecule has 0 fully saturated rings. The van der Waals surface area contributed by atoms with Gasteiger partial charge >= 0.3 is 0 Å². The molecule has 0 spiro atoms. The second kappa shape index (κ2) is 6.20. The number of hydrogen-bond acceptors (Lipinski definition) is 4. The van der Waals surface area contributed by atoms with Crippen LogP contribution in [-0.4, -0.2) is 25.1 Å². The summed E-state index contributed by atoms with van der Waals surface area (Å²) in [5.74, 6) is 0.879. The highest BCUT2D eigenvalue weighted by Gasteiger charge is 2.13. The Morgan fingerprint density at radius 1 is 1.47 bits per heavy atom. The lowest BCUT2D eigenvalue weighted by atomic mass is 10.0. The lowest BCUT2D eigenvalue weighted by Crippen LogP contribution is -2.16. The minimum atomic E-state index is -0.408. The number of hydrogen-bond donors (Lipinski definition) is 1. The number of rotatable bonds is 6. The summed E-state index contributed by atoms with van der Waals surface area (Å²) in [4.78, 5) is 10.3. The highest BCUT2D eigenvalue weighted by Crippen LogP contribution is 2.30. The van der Waals surface area contributed by atoms with Gasteiger partial charge < -0.3 is 10.1 Å². The van der Waals surface area contributed by atoms with Crippen LogP contribution in [0.25, 0.3) is 0 Å². The second-order valence-corrected chi connectivity index (χ2v) is 4.09. The molecular weight excluding hydrogens is 220 g/mol. The largest absolute Gasteiger partial charge is 0.492 e. The molecule has 0 bridgehead atoms. The van der Waals surface area contributed by atoms with Crippen LogP contribution < -0.4 is 10.1 Å². The van der Waals surface area contributed by atoms with Gasteiger partial charge in [-0.3, -0.25) is 10.1 Å². The van der Waals surface area contributed by atoms with E-state index in [0.717, 1.165) is 5.56 Å². The van der Waals surface area contributed by atoms with Crippen LogP contribution in [0.4, 0.5) is 5.69 Å². The van der Waals surface area contributed by atoms with Crippen molar-refractivity contribution in [3.63, 3.8) is 0 Å². The van der Waals surface area contributed by atoms with E-state index in [4.69, 9.17) is 4.74 Å². The van der Waals surface area contributed by atoms with Gasteiger partial charge in [0, 0.05) is 12.6 Å². The zero-order chi connectivity index (χ0) is 12.8. The molecule has 0 unspecified atom stereocenters. The van der Waals surface area contributed by atoms with Crippen molar-refractivity contribution in [2.45, 2.75) is 19.8 Å². The first-order valence-electron chi connectivity index (χ1n) is 5.62. The molecule has 0 heterocycles. The molecular formula is C12H18N2O3. The van der Waals surface area contributed by atoms with Crippen LogP contribution in [0.3, 0.4) is 0 Å². The van der Waals surface area contributed by atoms with Gasteiger partial charge in [-0.2, -0.15) is 0 Å². The fourth-order valence-electron chi connectivity index (χ4n) is 1.50. The van der Waals surface area contributed by atoms with Gasteiger partial charge in [-0.25, -0.2) is 0 Å². The van der Waals surface area contributed by atoms with Crippen molar-refractivity contribution in [1.29, 1.82) is 0 Å². The van der Waals surface area contributed by atoms with Crippen LogP contribution in [0.1, 0.15) is 25.3 Å². The maximum absolute atomic E-state index is 10.7. The quantitative estimate of drug-likeness (QED) is 0.469. The zero-order valence-corrected chi connectivity index (χ0v) is 10.4. The molecule has 1 rings (SSSR count). The summed E-state index contributed by atoms with van der Waals surface area (Å²) >= 11 is 0. The normalized spacial score (nSPS) is 10.6. The molecule has 0 aliphatic carbocycles. The predicted octanol–water partition coefficient (Wildman–Crippen LogP) is 2.32. The summed E-state index contributed by atoms with van der Waals surface area (Å²) in [6.07, 6.45) is 0. The molecule has 5 nitrogen and oxygen atoms in total. The van der Waals surface area contributed by atoms with E-state index >= 15 is 0 Å². The van der Waals surface area contributed by atoms with E-state index in [0.29, 0.717) is 18.9 Å². The van der Waals surface area contributed by atoms with E-state index in [-0.39, 0.29) is 11.6 Å². The molecule has 1 aromatic carbocycles. The summed E-state index contributed by atoms with van der Waals surface area (Å²) < 4.78 is 5.56. The number of ether oxygens (including phenoxy) is 1. The maximum Gasteiger partial charge on any atom is 0.273 e. The van der Waals surface area contributed by atoms with Gasteiger partial charge in [0.05, 0.1) is 11.0 Å². The number of likely N-dealkylation sites (N-methyl/N-ethyl adjacent to an activating group) is 1. The molecule has 0 aliphatic rings. The molecule has 0 saturated heterocycles. The van der Waals surface area contributed by atoms with Crippen LogP contribution in [0.2, 0.25) is 0 Å². The lowest BCUT2D eigenvalue weighted by molar-refractivity contribution is -0.385. The first-order chi connectivity index (χ1) is 8.06.